The molecule has 1 unspecified atom stereocenters. The zero-order valence-electron chi connectivity index (χ0n) is 20.8. The maximum Gasteiger partial charge on any atom is 0.338 e. The van der Waals surface area contributed by atoms with Crippen molar-refractivity contribution in [3.63, 3.8) is 0 Å². The molecule has 0 amide bonds. The molecule has 0 N–H and O–H groups in total. The standard InChI is InChI=1S/C31H25NO5S/c1-20-15-23-8-3-5-12-29(23)32(20)38(35,36)26-10-6-9-25(17-26)31(34)37-19-30(33)24-14-13-22-16-21-7-2-4-11-27(21)28(22)18-24/h2-14,17-18,20H,15-16,19H2,1H3. The first kappa shape index (κ1) is 24.1. The second kappa shape index (κ2) is 9.26. The van der Waals surface area contributed by atoms with Crippen molar-refractivity contribution in [3.8, 4) is 11.1 Å². The summed E-state index contributed by atoms with van der Waals surface area (Å²) in [6.45, 7) is 1.42. The lowest BCUT2D eigenvalue weighted by molar-refractivity contribution is 0.0474. The minimum Gasteiger partial charge on any atom is -0.454 e. The third kappa shape index (κ3) is 4.09. The fraction of sp³-hybridized carbons (Fsp3) is 0.161. The van der Waals surface area contributed by atoms with Crippen LogP contribution in [0.25, 0.3) is 11.1 Å². The van der Waals surface area contributed by atoms with Crippen molar-refractivity contribution in [2.45, 2.75) is 30.7 Å². The van der Waals surface area contributed by atoms with E-state index in [9.17, 15) is 18.0 Å². The van der Waals surface area contributed by atoms with E-state index in [2.05, 4.69) is 6.07 Å². The van der Waals surface area contributed by atoms with E-state index in [1.807, 2.05) is 55.5 Å². The van der Waals surface area contributed by atoms with Gasteiger partial charge in [0.2, 0.25) is 0 Å². The summed E-state index contributed by atoms with van der Waals surface area (Å²) < 4.78 is 33.8. The van der Waals surface area contributed by atoms with E-state index in [1.54, 1.807) is 12.1 Å². The minimum atomic E-state index is -3.90. The Hall–Kier alpha value is -4.23. The molecule has 0 fully saturated rings. The minimum absolute atomic E-state index is 0.000818. The van der Waals surface area contributed by atoms with Crippen LogP contribution < -0.4 is 4.31 Å². The molecule has 190 valence electrons. The Bertz CT molecular complexity index is 1710. The first-order valence-corrected chi connectivity index (χ1v) is 13.9. The summed E-state index contributed by atoms with van der Waals surface area (Å²) in [5.41, 5.74) is 6.67. The summed E-state index contributed by atoms with van der Waals surface area (Å²) in [6, 6.07) is 26.6. The largest absolute Gasteiger partial charge is 0.454 e. The quantitative estimate of drug-likeness (QED) is 0.219. The second-order valence-corrected chi connectivity index (χ2v) is 11.5. The predicted molar refractivity (Wildman–Crippen MR) is 145 cm³/mol. The van der Waals surface area contributed by atoms with Gasteiger partial charge in [0, 0.05) is 11.6 Å². The van der Waals surface area contributed by atoms with E-state index in [0.717, 1.165) is 28.7 Å². The molecule has 38 heavy (non-hydrogen) atoms. The van der Waals surface area contributed by atoms with Crippen molar-refractivity contribution in [1.82, 2.24) is 0 Å². The number of benzene rings is 4. The number of anilines is 1. The predicted octanol–water partition coefficient (Wildman–Crippen LogP) is 5.44. The first-order valence-electron chi connectivity index (χ1n) is 12.5. The van der Waals surface area contributed by atoms with Crippen molar-refractivity contribution in [2.24, 2.45) is 0 Å². The van der Waals surface area contributed by atoms with Gasteiger partial charge in [-0.1, -0.05) is 60.7 Å². The number of esters is 1. The number of para-hydroxylation sites is 1. The number of fused-ring (bicyclic) bond motifs is 4. The smallest absolute Gasteiger partial charge is 0.338 e. The van der Waals surface area contributed by atoms with E-state index >= 15 is 0 Å². The number of ketones is 1. The molecule has 0 spiro atoms. The molecule has 0 radical (unpaired) electrons. The topological polar surface area (TPSA) is 80.8 Å². The van der Waals surface area contributed by atoms with Crippen molar-refractivity contribution >= 4 is 27.5 Å². The molecule has 0 saturated carbocycles. The maximum atomic E-state index is 13.5. The van der Waals surface area contributed by atoms with Crippen LogP contribution in [0.4, 0.5) is 5.69 Å². The lowest BCUT2D eigenvalue weighted by Gasteiger charge is -2.24. The molecule has 1 aliphatic carbocycles. The Morgan fingerprint density at radius 3 is 2.39 bits per heavy atom. The highest BCUT2D eigenvalue weighted by atomic mass is 32.2. The van der Waals surface area contributed by atoms with Gasteiger partial charge in [-0.05, 0) is 77.9 Å². The molecule has 4 aromatic rings. The SMILES string of the molecule is CC1Cc2ccccc2N1S(=O)(=O)c1cccc(C(=O)OCC(=O)c2ccc3c(c2)-c2ccccc2C3)c1. The van der Waals surface area contributed by atoms with E-state index in [-0.39, 0.29) is 22.3 Å². The number of ether oxygens (including phenoxy) is 1. The molecule has 1 aliphatic heterocycles. The summed E-state index contributed by atoms with van der Waals surface area (Å²) in [5, 5.41) is 0. The van der Waals surface area contributed by atoms with Crippen LogP contribution in [-0.4, -0.2) is 32.8 Å². The molecule has 0 bridgehead atoms. The molecule has 4 aromatic carbocycles. The molecule has 2 aliphatic rings. The molecule has 6 rings (SSSR count). The van der Waals surface area contributed by atoms with Crippen LogP contribution in [-0.2, 0) is 27.6 Å². The average molecular weight is 524 g/mol. The van der Waals surface area contributed by atoms with Crippen molar-refractivity contribution in [2.75, 3.05) is 10.9 Å². The third-order valence-corrected chi connectivity index (χ3v) is 9.15. The number of Topliss-reactive ketones (excluding diaryl/α,β-unsaturated/α-hetero) is 1. The van der Waals surface area contributed by atoms with Crippen molar-refractivity contribution in [1.29, 1.82) is 0 Å². The normalized spacial score (nSPS) is 15.5. The van der Waals surface area contributed by atoms with Gasteiger partial charge in [-0.25, -0.2) is 13.2 Å². The van der Waals surface area contributed by atoms with Gasteiger partial charge in [0.15, 0.2) is 12.4 Å². The molecular weight excluding hydrogens is 498 g/mol. The van der Waals surface area contributed by atoms with E-state index in [4.69, 9.17) is 4.74 Å². The molecule has 6 nitrogen and oxygen atoms in total. The Kier molecular flexibility index (Phi) is 5.88. The lowest BCUT2D eigenvalue weighted by atomic mass is 10.0. The lowest BCUT2D eigenvalue weighted by Crippen LogP contribution is -2.35. The van der Waals surface area contributed by atoms with E-state index < -0.39 is 22.6 Å². The summed E-state index contributed by atoms with van der Waals surface area (Å²) in [7, 11) is -3.90. The summed E-state index contributed by atoms with van der Waals surface area (Å²) in [4.78, 5) is 25.7. The zero-order valence-corrected chi connectivity index (χ0v) is 21.6. The summed E-state index contributed by atoms with van der Waals surface area (Å²) in [5.74, 6) is -1.08. The Balaban J connectivity index is 1.18. The van der Waals surface area contributed by atoms with Crippen LogP contribution in [0, 0.1) is 0 Å². The molecule has 7 heteroatoms. The first-order chi connectivity index (χ1) is 18.3. The van der Waals surface area contributed by atoms with Crippen LogP contribution in [0.15, 0.2) is 95.9 Å². The second-order valence-electron chi connectivity index (χ2n) is 9.72. The third-order valence-electron chi connectivity index (χ3n) is 7.23. The molecule has 1 heterocycles. The van der Waals surface area contributed by atoms with Crippen LogP contribution in [0.1, 0.15) is 44.3 Å². The van der Waals surface area contributed by atoms with Crippen LogP contribution in [0.5, 0.6) is 0 Å². The number of carbonyl (C=O) groups is 2. The number of carbonyl (C=O) groups excluding carboxylic acids is 2. The van der Waals surface area contributed by atoms with Crippen LogP contribution in [0.3, 0.4) is 0 Å². The van der Waals surface area contributed by atoms with Crippen LogP contribution in [0.2, 0.25) is 0 Å². The zero-order chi connectivity index (χ0) is 26.4. The Morgan fingerprint density at radius 2 is 1.55 bits per heavy atom. The fourth-order valence-corrected chi connectivity index (χ4v) is 7.13. The fourth-order valence-electron chi connectivity index (χ4n) is 5.40. The Morgan fingerprint density at radius 1 is 0.816 bits per heavy atom. The van der Waals surface area contributed by atoms with E-state index in [0.29, 0.717) is 17.7 Å². The van der Waals surface area contributed by atoms with Gasteiger partial charge in [0.05, 0.1) is 16.1 Å². The monoisotopic (exact) mass is 523 g/mol. The molecule has 0 aromatic heterocycles. The highest BCUT2D eigenvalue weighted by molar-refractivity contribution is 7.92. The van der Waals surface area contributed by atoms with Gasteiger partial charge in [-0.15, -0.1) is 0 Å². The van der Waals surface area contributed by atoms with Gasteiger partial charge in [0.25, 0.3) is 10.0 Å². The highest BCUT2D eigenvalue weighted by Crippen LogP contribution is 2.38. The van der Waals surface area contributed by atoms with Crippen LogP contribution >= 0.6 is 0 Å². The maximum absolute atomic E-state index is 13.5. The van der Waals surface area contributed by atoms with Gasteiger partial charge < -0.3 is 4.74 Å². The van der Waals surface area contributed by atoms with Gasteiger partial charge in [0.1, 0.15) is 0 Å². The van der Waals surface area contributed by atoms with E-state index in [1.165, 1.54) is 34.1 Å². The number of nitrogens with zero attached hydrogens (tertiary/aromatic N) is 1. The van der Waals surface area contributed by atoms with Crippen molar-refractivity contribution in [3.05, 3.63) is 119 Å². The number of hydrogen-bond donors (Lipinski definition) is 0. The number of sulfonamides is 1. The average Bonchev–Trinajstić information content (AvgIpc) is 3.48. The van der Waals surface area contributed by atoms with Gasteiger partial charge >= 0.3 is 5.97 Å². The van der Waals surface area contributed by atoms with Gasteiger partial charge in [-0.2, -0.15) is 0 Å². The molecule has 1 atom stereocenters. The molecular formula is C31H25NO5S. The van der Waals surface area contributed by atoms with Crippen molar-refractivity contribution < 1.29 is 22.7 Å². The molecule has 0 saturated heterocycles. The highest BCUT2D eigenvalue weighted by Gasteiger charge is 2.36. The summed E-state index contributed by atoms with van der Waals surface area (Å²) >= 11 is 0. The number of rotatable bonds is 6. The number of hydrogen-bond acceptors (Lipinski definition) is 5. The summed E-state index contributed by atoms with van der Waals surface area (Å²) in [6.07, 6.45) is 1.45. The Labute approximate surface area is 221 Å². The van der Waals surface area contributed by atoms with Gasteiger partial charge in [-0.3, -0.25) is 9.10 Å².